The van der Waals surface area contributed by atoms with E-state index in [1.54, 1.807) is 24.3 Å². The predicted molar refractivity (Wildman–Crippen MR) is 80.5 cm³/mol. The molecule has 0 atom stereocenters. The second-order valence-corrected chi connectivity index (χ2v) is 5.91. The molecule has 1 saturated carbocycles. The molecule has 1 N–H and O–H groups in total. The molecule has 5 nitrogen and oxygen atoms in total. The van der Waals surface area contributed by atoms with Gasteiger partial charge in [-0.15, -0.1) is 11.8 Å². The van der Waals surface area contributed by atoms with Crippen molar-refractivity contribution in [3.8, 4) is 0 Å². The summed E-state index contributed by atoms with van der Waals surface area (Å²) in [5, 5.41) is 8.82. The van der Waals surface area contributed by atoms with Crippen molar-refractivity contribution < 1.29 is 19.5 Å². The van der Waals surface area contributed by atoms with Crippen LogP contribution in [0, 0.1) is 0 Å². The number of hydrogen-bond donors (Lipinski definition) is 1. The molecule has 0 aliphatic heterocycles. The van der Waals surface area contributed by atoms with E-state index in [4.69, 9.17) is 5.11 Å². The van der Waals surface area contributed by atoms with Gasteiger partial charge in [-0.3, -0.25) is 14.4 Å². The highest BCUT2D eigenvalue weighted by Gasteiger charge is 2.33. The van der Waals surface area contributed by atoms with Crippen LogP contribution in [0.15, 0.2) is 30.3 Å². The summed E-state index contributed by atoms with van der Waals surface area (Å²) in [5.41, 5.74) is 0.627. The molecule has 0 bridgehead atoms. The lowest BCUT2D eigenvalue weighted by Crippen LogP contribution is -2.38. The number of benzene rings is 1. The van der Waals surface area contributed by atoms with Crippen LogP contribution >= 0.6 is 11.8 Å². The Morgan fingerprint density at radius 2 is 1.81 bits per heavy atom. The van der Waals surface area contributed by atoms with Crippen molar-refractivity contribution in [2.45, 2.75) is 18.9 Å². The van der Waals surface area contributed by atoms with Gasteiger partial charge in [0.1, 0.15) is 6.54 Å². The Bertz CT molecular complexity index is 528. The van der Waals surface area contributed by atoms with Gasteiger partial charge >= 0.3 is 5.97 Å². The molecule has 1 aliphatic carbocycles. The molecule has 21 heavy (non-hydrogen) atoms. The number of aliphatic carboxylic acids is 1. The number of nitrogens with zero attached hydrogens (tertiary/aromatic N) is 1. The van der Waals surface area contributed by atoms with E-state index in [1.165, 1.54) is 16.7 Å². The maximum atomic E-state index is 12.0. The molecule has 0 unspecified atom stereocenters. The number of carboxylic acid groups (broad SMARTS) is 1. The maximum Gasteiger partial charge on any atom is 0.323 e. The Kier molecular flexibility index (Phi) is 5.38. The van der Waals surface area contributed by atoms with Gasteiger partial charge in [0.15, 0.2) is 5.78 Å². The molecule has 0 spiro atoms. The average molecular weight is 307 g/mol. The Labute approximate surface area is 127 Å². The van der Waals surface area contributed by atoms with Crippen LogP contribution in [0.2, 0.25) is 0 Å². The Balaban J connectivity index is 1.78. The number of carboxylic acids is 1. The number of Topliss-reactive ketones (excluding diaryl/α,β-unsaturated/α-hetero) is 1. The molecule has 6 heteroatoms. The van der Waals surface area contributed by atoms with Crippen LogP contribution in [0.4, 0.5) is 0 Å². The first-order valence-corrected chi connectivity index (χ1v) is 7.90. The fourth-order valence-electron chi connectivity index (χ4n) is 1.97. The third kappa shape index (κ3) is 4.90. The Morgan fingerprint density at radius 1 is 1.14 bits per heavy atom. The van der Waals surface area contributed by atoms with Crippen molar-refractivity contribution in [1.82, 2.24) is 4.90 Å². The van der Waals surface area contributed by atoms with Gasteiger partial charge < -0.3 is 10.0 Å². The molecule has 1 fully saturated rings. The van der Waals surface area contributed by atoms with Gasteiger partial charge in [0.25, 0.3) is 0 Å². The molecule has 0 saturated heterocycles. The summed E-state index contributed by atoms with van der Waals surface area (Å²) in [5.74, 6) is -0.861. The Morgan fingerprint density at radius 3 is 2.38 bits per heavy atom. The monoisotopic (exact) mass is 307 g/mol. The molecular formula is C15H17NO4S. The van der Waals surface area contributed by atoms with Crippen molar-refractivity contribution in [2.75, 3.05) is 18.1 Å². The molecule has 0 radical (unpaired) electrons. The third-order valence-electron chi connectivity index (χ3n) is 3.17. The molecule has 1 aromatic rings. The van der Waals surface area contributed by atoms with Crippen molar-refractivity contribution in [1.29, 1.82) is 0 Å². The largest absolute Gasteiger partial charge is 0.480 e. The summed E-state index contributed by atoms with van der Waals surface area (Å²) in [6.07, 6.45) is 1.74. The maximum absolute atomic E-state index is 12.0. The fraction of sp³-hybridized carbons (Fsp3) is 0.400. The summed E-state index contributed by atoms with van der Waals surface area (Å²) >= 11 is 1.23. The molecule has 1 amide bonds. The van der Waals surface area contributed by atoms with Crippen LogP contribution in [0.25, 0.3) is 0 Å². The second-order valence-electron chi connectivity index (χ2n) is 4.93. The van der Waals surface area contributed by atoms with E-state index in [0.29, 0.717) is 5.56 Å². The van der Waals surface area contributed by atoms with Crippen LogP contribution in [-0.2, 0) is 9.59 Å². The predicted octanol–water partition coefficient (Wildman–Crippen LogP) is 1.68. The van der Waals surface area contributed by atoms with E-state index in [2.05, 4.69) is 0 Å². The standard InChI is InChI=1S/C15H17NO4S/c17-13(11-4-2-1-3-5-11)9-21-10-14(18)16(8-15(19)20)12-6-7-12/h1-5,12H,6-10H2,(H,19,20). The van der Waals surface area contributed by atoms with E-state index in [0.717, 1.165) is 12.8 Å². The van der Waals surface area contributed by atoms with Crippen LogP contribution in [0.1, 0.15) is 23.2 Å². The van der Waals surface area contributed by atoms with Crippen LogP contribution in [0.3, 0.4) is 0 Å². The van der Waals surface area contributed by atoms with Gasteiger partial charge in [0, 0.05) is 11.6 Å². The van der Waals surface area contributed by atoms with Gasteiger partial charge in [-0.1, -0.05) is 30.3 Å². The zero-order valence-corrected chi connectivity index (χ0v) is 12.3. The average Bonchev–Trinajstić information content (AvgIpc) is 3.29. The highest BCUT2D eigenvalue weighted by Crippen LogP contribution is 2.27. The molecule has 1 aliphatic rings. The number of thioether (sulfide) groups is 1. The van der Waals surface area contributed by atoms with E-state index in [-0.39, 0.29) is 35.8 Å². The quantitative estimate of drug-likeness (QED) is 0.740. The Hall–Kier alpha value is -1.82. The number of hydrogen-bond acceptors (Lipinski definition) is 4. The highest BCUT2D eigenvalue weighted by molar-refractivity contribution is 8.00. The minimum Gasteiger partial charge on any atom is -0.480 e. The molecule has 0 aromatic heterocycles. The zero-order chi connectivity index (χ0) is 15.2. The van der Waals surface area contributed by atoms with Gasteiger partial charge in [0.2, 0.25) is 5.91 Å². The number of ketones is 1. The summed E-state index contributed by atoms with van der Waals surface area (Å²) in [6.45, 7) is -0.253. The summed E-state index contributed by atoms with van der Waals surface area (Å²) in [7, 11) is 0. The van der Waals surface area contributed by atoms with Crippen LogP contribution in [-0.4, -0.2) is 51.8 Å². The van der Waals surface area contributed by atoms with Crippen LogP contribution < -0.4 is 0 Å². The van der Waals surface area contributed by atoms with Gasteiger partial charge in [0.05, 0.1) is 11.5 Å². The summed E-state index contributed by atoms with van der Waals surface area (Å²) < 4.78 is 0. The third-order valence-corrected chi connectivity index (χ3v) is 4.09. The summed E-state index contributed by atoms with van der Waals surface area (Å²) in [4.78, 5) is 36.1. The number of carbonyl (C=O) groups excluding carboxylic acids is 2. The molecule has 112 valence electrons. The molecule has 1 aromatic carbocycles. The van der Waals surface area contributed by atoms with Gasteiger partial charge in [-0.2, -0.15) is 0 Å². The molecule has 2 rings (SSSR count). The van der Waals surface area contributed by atoms with Crippen molar-refractivity contribution in [3.05, 3.63) is 35.9 Å². The van der Waals surface area contributed by atoms with E-state index in [1.807, 2.05) is 6.07 Å². The minimum atomic E-state index is -0.999. The van der Waals surface area contributed by atoms with Gasteiger partial charge in [-0.05, 0) is 12.8 Å². The van der Waals surface area contributed by atoms with Crippen molar-refractivity contribution in [3.63, 3.8) is 0 Å². The van der Waals surface area contributed by atoms with Gasteiger partial charge in [-0.25, -0.2) is 0 Å². The van der Waals surface area contributed by atoms with E-state index in [9.17, 15) is 14.4 Å². The number of rotatable bonds is 8. The topological polar surface area (TPSA) is 74.7 Å². The minimum absolute atomic E-state index is 0.0235. The fourth-order valence-corrected chi connectivity index (χ4v) is 2.77. The zero-order valence-electron chi connectivity index (χ0n) is 11.5. The lowest BCUT2D eigenvalue weighted by atomic mass is 10.2. The first-order valence-electron chi connectivity index (χ1n) is 6.75. The smallest absolute Gasteiger partial charge is 0.323 e. The first kappa shape index (κ1) is 15.6. The highest BCUT2D eigenvalue weighted by atomic mass is 32.2. The van der Waals surface area contributed by atoms with E-state index < -0.39 is 5.97 Å². The number of amides is 1. The first-order chi connectivity index (χ1) is 10.1. The lowest BCUT2D eigenvalue weighted by molar-refractivity contribution is -0.143. The van der Waals surface area contributed by atoms with E-state index >= 15 is 0 Å². The van der Waals surface area contributed by atoms with Crippen molar-refractivity contribution in [2.24, 2.45) is 0 Å². The normalized spacial score (nSPS) is 13.7. The lowest BCUT2D eigenvalue weighted by Gasteiger charge is -2.19. The second kappa shape index (κ2) is 7.26. The number of carbonyl (C=O) groups is 3. The SMILES string of the molecule is O=C(O)CN(C(=O)CSCC(=O)c1ccccc1)C1CC1. The summed E-state index contributed by atoms with van der Waals surface area (Å²) in [6, 6.07) is 8.98. The van der Waals surface area contributed by atoms with Crippen molar-refractivity contribution >= 4 is 29.4 Å². The van der Waals surface area contributed by atoms with Crippen LogP contribution in [0.5, 0.6) is 0 Å². The molecular weight excluding hydrogens is 290 g/mol. The molecule has 0 heterocycles.